The first kappa shape index (κ1) is 18.6. The van der Waals surface area contributed by atoms with Gasteiger partial charge in [-0.3, -0.25) is 0 Å². The summed E-state index contributed by atoms with van der Waals surface area (Å²) < 4.78 is 40.4. The summed E-state index contributed by atoms with van der Waals surface area (Å²) >= 11 is 0. The molecule has 0 aromatic heterocycles. The monoisotopic (exact) mass is 332 g/mol. The zero-order chi connectivity index (χ0) is 17.7. The molecular weight excluding hydrogens is 308 g/mol. The van der Waals surface area contributed by atoms with Crippen LogP contribution in [0, 0.1) is 0 Å². The Morgan fingerprint density at radius 1 is 1.00 bits per heavy atom. The Bertz CT molecular complexity index is 662. The second-order valence-corrected chi connectivity index (χ2v) is 6.60. The Balaban J connectivity index is 2.53. The molecule has 0 fully saturated rings. The first-order chi connectivity index (χ1) is 11.3. The highest BCUT2D eigenvalue weighted by molar-refractivity contribution is 6.85. The molecule has 0 N–H and O–H groups in total. The van der Waals surface area contributed by atoms with E-state index < -0.39 is 11.7 Å². The quantitative estimate of drug-likeness (QED) is 0.635. The van der Waals surface area contributed by atoms with Crippen molar-refractivity contribution in [2.45, 2.75) is 52.0 Å². The van der Waals surface area contributed by atoms with Crippen molar-refractivity contribution in [1.82, 2.24) is 0 Å². The highest BCUT2D eigenvalue weighted by Crippen LogP contribution is 2.28. The molecule has 0 heterocycles. The van der Waals surface area contributed by atoms with Crippen molar-refractivity contribution in [3.05, 3.63) is 59.7 Å². The molecule has 2 aromatic carbocycles. The number of halogens is 3. The van der Waals surface area contributed by atoms with Crippen LogP contribution in [-0.4, -0.2) is 6.71 Å². The first-order valence-electron chi connectivity index (χ1n) is 8.60. The van der Waals surface area contributed by atoms with Gasteiger partial charge in [0.25, 0.3) is 0 Å². The van der Waals surface area contributed by atoms with Gasteiger partial charge in [0.05, 0.1) is 5.56 Å². The van der Waals surface area contributed by atoms with Gasteiger partial charge in [-0.2, -0.15) is 13.2 Å². The van der Waals surface area contributed by atoms with Gasteiger partial charge in [-0.15, -0.1) is 0 Å². The normalized spacial score (nSPS) is 11.8. The summed E-state index contributed by atoms with van der Waals surface area (Å²) in [4.78, 5) is 0. The Kier molecular flexibility index (Phi) is 6.14. The Hall–Kier alpha value is -1.71. The highest BCUT2D eigenvalue weighted by Gasteiger charge is 2.36. The third-order valence-corrected chi connectivity index (χ3v) is 4.47. The lowest BCUT2D eigenvalue weighted by atomic mass is 9.37. The molecule has 0 saturated heterocycles. The Morgan fingerprint density at radius 2 is 1.71 bits per heavy atom. The lowest BCUT2D eigenvalue weighted by molar-refractivity contribution is -0.136. The third-order valence-electron chi connectivity index (χ3n) is 4.47. The summed E-state index contributed by atoms with van der Waals surface area (Å²) in [5.74, 6) is 0.356. The van der Waals surface area contributed by atoms with E-state index in [0.29, 0.717) is 11.4 Å². The van der Waals surface area contributed by atoms with Crippen molar-refractivity contribution in [2.75, 3.05) is 0 Å². The minimum absolute atomic E-state index is 0.221. The van der Waals surface area contributed by atoms with E-state index in [1.54, 1.807) is 12.1 Å². The van der Waals surface area contributed by atoms with E-state index in [0.717, 1.165) is 24.6 Å². The summed E-state index contributed by atoms with van der Waals surface area (Å²) in [6.45, 7) is 6.05. The molecule has 0 aliphatic heterocycles. The molecule has 0 unspecified atom stereocenters. The second-order valence-electron chi connectivity index (χ2n) is 6.60. The molecule has 0 amide bonds. The van der Waals surface area contributed by atoms with Crippen LogP contribution in [0.25, 0.3) is 0 Å². The summed E-state index contributed by atoms with van der Waals surface area (Å²) in [6.07, 6.45) is -1.72. The third kappa shape index (κ3) is 4.43. The van der Waals surface area contributed by atoms with Crippen LogP contribution < -0.4 is 10.9 Å². The van der Waals surface area contributed by atoms with Gasteiger partial charge in [-0.05, 0) is 11.5 Å². The Morgan fingerprint density at radius 3 is 2.33 bits per heavy atom. The van der Waals surface area contributed by atoms with Crippen LogP contribution in [0.15, 0.2) is 48.5 Å². The average molecular weight is 332 g/mol. The largest absolute Gasteiger partial charge is 0.415 e. The van der Waals surface area contributed by atoms with E-state index in [1.807, 2.05) is 18.2 Å². The van der Waals surface area contributed by atoms with Crippen molar-refractivity contribution in [2.24, 2.45) is 0 Å². The molecule has 0 nitrogen and oxygen atoms in total. The van der Waals surface area contributed by atoms with Gasteiger partial charge in [0.15, 0.2) is 0 Å². The average Bonchev–Trinajstić information content (AvgIpc) is 2.55. The zero-order valence-electron chi connectivity index (χ0n) is 14.5. The van der Waals surface area contributed by atoms with E-state index in [1.165, 1.54) is 17.7 Å². The summed E-state index contributed by atoms with van der Waals surface area (Å²) in [6, 6.07) is 14.0. The SMILES string of the molecule is CCCCB(c1cccc(C(C)C)c1)c1ccccc1C(F)(F)F. The van der Waals surface area contributed by atoms with Crippen LogP contribution in [0.3, 0.4) is 0 Å². The van der Waals surface area contributed by atoms with Crippen LogP contribution in [0.5, 0.6) is 0 Å². The predicted octanol–water partition coefficient (Wildman–Crippen LogP) is 5.24. The number of hydrogen-bond donors (Lipinski definition) is 0. The highest BCUT2D eigenvalue weighted by atomic mass is 19.4. The summed E-state index contributed by atoms with van der Waals surface area (Å²) in [5.41, 5.74) is 2.02. The molecule has 0 atom stereocenters. The fourth-order valence-electron chi connectivity index (χ4n) is 3.10. The van der Waals surface area contributed by atoms with Gasteiger partial charge >= 0.3 is 6.18 Å². The first-order valence-corrected chi connectivity index (χ1v) is 8.60. The van der Waals surface area contributed by atoms with Crippen molar-refractivity contribution >= 4 is 17.6 Å². The van der Waals surface area contributed by atoms with Crippen molar-refractivity contribution in [3.63, 3.8) is 0 Å². The van der Waals surface area contributed by atoms with E-state index in [9.17, 15) is 13.2 Å². The molecule has 24 heavy (non-hydrogen) atoms. The fraction of sp³-hybridized carbons (Fsp3) is 0.400. The molecule has 128 valence electrons. The smallest absolute Gasteiger partial charge is 0.166 e. The molecule has 0 aliphatic rings. The van der Waals surface area contributed by atoms with Crippen molar-refractivity contribution in [1.29, 1.82) is 0 Å². The molecule has 0 bridgehead atoms. The van der Waals surface area contributed by atoms with Crippen molar-refractivity contribution in [3.8, 4) is 0 Å². The molecule has 0 spiro atoms. The van der Waals surface area contributed by atoms with E-state index in [-0.39, 0.29) is 6.71 Å². The molecule has 0 aliphatic carbocycles. The number of hydrogen-bond acceptors (Lipinski definition) is 0. The number of alkyl halides is 3. The van der Waals surface area contributed by atoms with Gasteiger partial charge in [0, 0.05) is 0 Å². The zero-order valence-corrected chi connectivity index (χ0v) is 14.5. The van der Waals surface area contributed by atoms with Crippen LogP contribution in [0.1, 0.15) is 50.7 Å². The molecule has 4 heteroatoms. The van der Waals surface area contributed by atoms with Crippen LogP contribution in [0.2, 0.25) is 6.32 Å². The summed E-state index contributed by atoms with van der Waals surface area (Å²) in [5, 5.41) is 0. The Labute approximate surface area is 143 Å². The molecule has 2 aromatic rings. The fourth-order valence-corrected chi connectivity index (χ4v) is 3.10. The van der Waals surface area contributed by atoms with E-state index >= 15 is 0 Å². The lowest BCUT2D eigenvalue weighted by Gasteiger charge is -2.21. The van der Waals surface area contributed by atoms with E-state index in [4.69, 9.17) is 0 Å². The van der Waals surface area contributed by atoms with Gasteiger partial charge in [0.1, 0.15) is 0 Å². The number of rotatable bonds is 6. The van der Waals surface area contributed by atoms with Crippen LogP contribution in [-0.2, 0) is 6.18 Å². The van der Waals surface area contributed by atoms with Gasteiger partial charge < -0.3 is 0 Å². The molecular formula is C20H24BF3. The van der Waals surface area contributed by atoms with Crippen molar-refractivity contribution < 1.29 is 13.2 Å². The maximum atomic E-state index is 13.5. The topological polar surface area (TPSA) is 0 Å². The van der Waals surface area contributed by atoms with Gasteiger partial charge in [-0.1, -0.05) is 99.4 Å². The number of unbranched alkanes of at least 4 members (excludes halogenated alkanes) is 1. The maximum Gasteiger partial charge on any atom is 0.415 e. The minimum atomic E-state index is -4.32. The number of benzene rings is 2. The lowest BCUT2D eigenvalue weighted by Crippen LogP contribution is -2.45. The van der Waals surface area contributed by atoms with Gasteiger partial charge in [0.2, 0.25) is 6.71 Å². The van der Waals surface area contributed by atoms with Crippen LogP contribution >= 0.6 is 0 Å². The summed E-state index contributed by atoms with van der Waals surface area (Å²) in [7, 11) is 0. The molecule has 2 rings (SSSR count). The van der Waals surface area contributed by atoms with E-state index in [2.05, 4.69) is 26.8 Å². The minimum Gasteiger partial charge on any atom is -0.166 e. The van der Waals surface area contributed by atoms with Gasteiger partial charge in [-0.25, -0.2) is 0 Å². The second kappa shape index (κ2) is 7.91. The predicted molar refractivity (Wildman–Crippen MR) is 96.7 cm³/mol. The van der Waals surface area contributed by atoms with Crippen LogP contribution in [0.4, 0.5) is 13.2 Å². The molecule has 0 radical (unpaired) electrons. The molecule has 0 saturated carbocycles. The standard InChI is InChI=1S/C20H24BF3/c1-4-5-13-21(17-10-8-9-16(14-17)15(2)3)19-12-7-6-11-18(19)20(22,23)24/h6-12,14-15H,4-5,13H2,1-3H3. The maximum absolute atomic E-state index is 13.5.